The Hall–Kier alpha value is -1.70. The fourth-order valence-corrected chi connectivity index (χ4v) is 3.61. The standard InChI is InChI=1S/C20H30ClFN4O2/c1-3-4-8-23-19(27)14-25-9-11-26(12-10-25)20(28)15-24(2)13-16-17(21)6-5-7-18(16)22/h5-7H,3-4,8-15H2,1-2H3,(H,23,27)/p+2. The largest absolute Gasteiger partial charge is 0.351 e. The number of benzene rings is 1. The average Bonchev–Trinajstić information content (AvgIpc) is 2.65. The number of hydrogen-bond acceptors (Lipinski definition) is 2. The molecule has 1 atom stereocenters. The molecule has 2 rings (SSSR count). The summed E-state index contributed by atoms with van der Waals surface area (Å²) in [6, 6.07) is 4.62. The van der Waals surface area contributed by atoms with Gasteiger partial charge in [0.25, 0.3) is 11.8 Å². The Balaban J connectivity index is 1.73. The van der Waals surface area contributed by atoms with Gasteiger partial charge in [-0.2, -0.15) is 0 Å². The van der Waals surface area contributed by atoms with E-state index in [1.165, 1.54) is 11.0 Å². The van der Waals surface area contributed by atoms with Crippen LogP contribution >= 0.6 is 11.6 Å². The lowest BCUT2D eigenvalue weighted by Gasteiger charge is -2.32. The molecule has 0 bridgehead atoms. The molecule has 1 aliphatic heterocycles. The lowest BCUT2D eigenvalue weighted by atomic mass is 10.2. The van der Waals surface area contributed by atoms with Crippen LogP contribution in [0.5, 0.6) is 0 Å². The van der Waals surface area contributed by atoms with E-state index in [0.717, 1.165) is 37.4 Å². The second-order valence-corrected chi connectivity index (χ2v) is 7.93. The van der Waals surface area contributed by atoms with Crippen molar-refractivity contribution in [3.8, 4) is 0 Å². The van der Waals surface area contributed by atoms with Crippen molar-refractivity contribution in [1.29, 1.82) is 0 Å². The second-order valence-electron chi connectivity index (χ2n) is 7.52. The van der Waals surface area contributed by atoms with E-state index in [1.54, 1.807) is 12.1 Å². The Labute approximate surface area is 171 Å². The van der Waals surface area contributed by atoms with Crippen molar-refractivity contribution < 1.29 is 23.8 Å². The van der Waals surface area contributed by atoms with Crippen LogP contribution in [0.1, 0.15) is 25.3 Å². The molecule has 1 aliphatic rings. The highest BCUT2D eigenvalue weighted by Crippen LogP contribution is 2.17. The summed E-state index contributed by atoms with van der Waals surface area (Å²) in [6.45, 7) is 6.76. The number of likely N-dealkylation sites (N-methyl/N-ethyl adjacent to an activating group) is 1. The van der Waals surface area contributed by atoms with Crippen LogP contribution in [0, 0.1) is 5.82 Å². The lowest BCUT2D eigenvalue weighted by molar-refractivity contribution is -0.897. The van der Waals surface area contributed by atoms with Gasteiger partial charge in [-0.05, 0) is 18.6 Å². The molecule has 8 heteroatoms. The van der Waals surface area contributed by atoms with Crippen LogP contribution in [0.3, 0.4) is 0 Å². The molecule has 2 amide bonds. The molecule has 1 aromatic rings. The van der Waals surface area contributed by atoms with E-state index < -0.39 is 0 Å². The van der Waals surface area contributed by atoms with Crippen molar-refractivity contribution >= 4 is 23.4 Å². The smallest absolute Gasteiger partial charge is 0.278 e. The average molecular weight is 415 g/mol. The fraction of sp³-hybridized carbons (Fsp3) is 0.600. The molecular weight excluding hydrogens is 383 g/mol. The third-order valence-electron chi connectivity index (χ3n) is 5.08. The SMILES string of the molecule is CCCCNC(=O)C[NH+]1CCN(C(=O)C[NH+](C)Cc2c(F)cccc2Cl)CC1. The number of nitrogens with zero attached hydrogens (tertiary/aromatic N) is 1. The van der Waals surface area contributed by atoms with Crippen LogP contribution in [0.2, 0.25) is 5.02 Å². The molecule has 1 fully saturated rings. The lowest BCUT2D eigenvalue weighted by Crippen LogP contribution is -3.16. The van der Waals surface area contributed by atoms with Gasteiger partial charge in [0.15, 0.2) is 13.1 Å². The molecule has 6 nitrogen and oxygen atoms in total. The van der Waals surface area contributed by atoms with Crippen LogP contribution in [-0.2, 0) is 16.1 Å². The molecule has 0 spiro atoms. The van der Waals surface area contributed by atoms with Crippen molar-refractivity contribution in [2.75, 3.05) is 52.9 Å². The fourth-order valence-electron chi connectivity index (χ4n) is 3.38. The van der Waals surface area contributed by atoms with Crippen LogP contribution < -0.4 is 15.1 Å². The zero-order valence-corrected chi connectivity index (χ0v) is 17.6. The van der Waals surface area contributed by atoms with Gasteiger partial charge in [0.05, 0.1) is 43.8 Å². The molecule has 0 aromatic heterocycles. The van der Waals surface area contributed by atoms with Crippen molar-refractivity contribution in [1.82, 2.24) is 10.2 Å². The Morgan fingerprint density at radius 3 is 2.68 bits per heavy atom. The first-order valence-electron chi connectivity index (χ1n) is 10.0. The Kier molecular flexibility index (Phi) is 9.15. The summed E-state index contributed by atoms with van der Waals surface area (Å²) in [5.41, 5.74) is 0.442. The van der Waals surface area contributed by atoms with Crippen molar-refractivity contribution in [2.24, 2.45) is 0 Å². The number of piperazine rings is 1. The predicted octanol–water partition coefficient (Wildman–Crippen LogP) is -0.863. The van der Waals surface area contributed by atoms with Crippen molar-refractivity contribution in [3.05, 3.63) is 34.6 Å². The summed E-state index contributed by atoms with van der Waals surface area (Å²) in [6.07, 6.45) is 2.06. The summed E-state index contributed by atoms with van der Waals surface area (Å²) >= 11 is 6.07. The monoisotopic (exact) mass is 414 g/mol. The van der Waals surface area contributed by atoms with E-state index in [9.17, 15) is 14.0 Å². The zero-order chi connectivity index (χ0) is 20.5. The molecule has 0 aliphatic carbocycles. The number of nitrogens with one attached hydrogen (secondary N) is 3. The normalized spacial score (nSPS) is 16.1. The second kappa shape index (κ2) is 11.3. The maximum absolute atomic E-state index is 13.9. The van der Waals surface area contributed by atoms with E-state index >= 15 is 0 Å². The number of halogens is 2. The topological polar surface area (TPSA) is 58.3 Å². The Bertz CT molecular complexity index is 645. The third kappa shape index (κ3) is 7.04. The van der Waals surface area contributed by atoms with Gasteiger partial charge >= 0.3 is 0 Å². The highest BCUT2D eigenvalue weighted by Gasteiger charge is 2.27. The number of amides is 2. The number of carbonyl (C=O) groups excluding carboxylic acids is 2. The van der Waals surface area contributed by atoms with Gasteiger partial charge < -0.3 is 20.0 Å². The van der Waals surface area contributed by atoms with Crippen LogP contribution in [0.25, 0.3) is 0 Å². The number of unbranched alkanes of at least 4 members (excludes halogenated alkanes) is 1. The molecular formula is C20H32ClFN4O2+2. The number of quaternary nitrogens is 2. The molecule has 0 saturated carbocycles. The molecule has 3 N–H and O–H groups in total. The van der Waals surface area contributed by atoms with Crippen molar-refractivity contribution in [3.63, 3.8) is 0 Å². The zero-order valence-electron chi connectivity index (χ0n) is 16.8. The molecule has 0 radical (unpaired) electrons. The summed E-state index contributed by atoms with van der Waals surface area (Å²) in [5.74, 6) is -0.209. The number of carbonyl (C=O) groups is 2. The first kappa shape index (κ1) is 22.6. The Morgan fingerprint density at radius 2 is 2.04 bits per heavy atom. The van der Waals surface area contributed by atoms with E-state index in [1.807, 2.05) is 11.9 Å². The highest BCUT2D eigenvalue weighted by molar-refractivity contribution is 6.31. The maximum Gasteiger partial charge on any atom is 0.278 e. The summed E-state index contributed by atoms with van der Waals surface area (Å²) in [4.78, 5) is 28.4. The minimum absolute atomic E-state index is 0.0522. The van der Waals surface area contributed by atoms with Gasteiger partial charge in [0.2, 0.25) is 0 Å². The van der Waals surface area contributed by atoms with Gasteiger partial charge in [0, 0.05) is 6.54 Å². The van der Waals surface area contributed by atoms with E-state index in [2.05, 4.69) is 12.2 Å². The highest BCUT2D eigenvalue weighted by atomic mass is 35.5. The van der Waals surface area contributed by atoms with E-state index in [0.29, 0.717) is 36.8 Å². The van der Waals surface area contributed by atoms with Crippen LogP contribution in [0.15, 0.2) is 18.2 Å². The molecule has 1 saturated heterocycles. The molecule has 156 valence electrons. The van der Waals surface area contributed by atoms with Crippen molar-refractivity contribution in [2.45, 2.75) is 26.3 Å². The molecule has 1 aromatic carbocycles. The quantitative estimate of drug-likeness (QED) is 0.460. The van der Waals surface area contributed by atoms with E-state index in [4.69, 9.17) is 11.6 Å². The number of hydrogen-bond donors (Lipinski definition) is 3. The van der Waals surface area contributed by atoms with Crippen LogP contribution in [-0.4, -0.2) is 69.6 Å². The Morgan fingerprint density at radius 1 is 1.32 bits per heavy atom. The predicted molar refractivity (Wildman–Crippen MR) is 107 cm³/mol. The minimum atomic E-state index is -0.339. The molecule has 1 heterocycles. The third-order valence-corrected chi connectivity index (χ3v) is 5.43. The maximum atomic E-state index is 13.9. The summed E-state index contributed by atoms with van der Waals surface area (Å²) in [7, 11) is 1.86. The summed E-state index contributed by atoms with van der Waals surface area (Å²) in [5, 5.41) is 3.33. The van der Waals surface area contributed by atoms with Gasteiger partial charge in [-0.1, -0.05) is 31.0 Å². The first-order valence-corrected chi connectivity index (χ1v) is 10.4. The number of rotatable bonds is 9. The summed E-state index contributed by atoms with van der Waals surface area (Å²) < 4.78 is 13.9. The molecule has 28 heavy (non-hydrogen) atoms. The minimum Gasteiger partial charge on any atom is -0.351 e. The molecule has 1 unspecified atom stereocenters. The van der Waals surface area contributed by atoms with Gasteiger partial charge in [-0.25, -0.2) is 4.39 Å². The van der Waals surface area contributed by atoms with Crippen LogP contribution in [0.4, 0.5) is 4.39 Å². The van der Waals surface area contributed by atoms with E-state index in [-0.39, 0.29) is 24.2 Å². The van der Waals surface area contributed by atoms with Gasteiger partial charge in [-0.3, -0.25) is 9.59 Å². The van der Waals surface area contributed by atoms with Gasteiger partial charge in [0.1, 0.15) is 12.4 Å². The van der Waals surface area contributed by atoms with Gasteiger partial charge in [-0.15, -0.1) is 0 Å². The first-order chi connectivity index (χ1) is 13.4.